The molecule has 0 amide bonds. The third-order valence-corrected chi connectivity index (χ3v) is 4.99. The van der Waals surface area contributed by atoms with E-state index in [-0.39, 0.29) is 6.04 Å². The number of rotatable bonds is 6. The van der Waals surface area contributed by atoms with Gasteiger partial charge in [-0.1, -0.05) is 25.1 Å². The van der Waals surface area contributed by atoms with Crippen LogP contribution in [0.1, 0.15) is 13.3 Å². The van der Waals surface area contributed by atoms with Crippen LogP contribution >= 0.6 is 11.8 Å². The van der Waals surface area contributed by atoms with Crippen LogP contribution in [0.4, 0.5) is 13.2 Å². The zero-order chi connectivity index (χ0) is 18.3. The maximum absolute atomic E-state index is 12.5. The smallest absolute Gasteiger partial charge is 0.355 e. The fraction of sp³-hybridized carbons (Fsp3) is 0.588. The molecule has 1 saturated heterocycles. The van der Waals surface area contributed by atoms with Gasteiger partial charge >= 0.3 is 6.18 Å². The highest BCUT2D eigenvalue weighted by Gasteiger charge is 2.34. The first-order valence-electron chi connectivity index (χ1n) is 8.33. The van der Waals surface area contributed by atoms with E-state index in [1.165, 1.54) is 9.80 Å². The van der Waals surface area contributed by atoms with Crippen LogP contribution in [-0.2, 0) is 0 Å². The summed E-state index contributed by atoms with van der Waals surface area (Å²) in [7, 11) is 1.67. The number of hydrogen-bond donors (Lipinski definition) is 2. The maximum Gasteiger partial charge on any atom is 0.401 e. The highest BCUT2D eigenvalue weighted by Crippen LogP contribution is 2.22. The lowest BCUT2D eigenvalue weighted by Crippen LogP contribution is -2.46. The molecule has 1 aliphatic rings. The van der Waals surface area contributed by atoms with Gasteiger partial charge in [-0.25, -0.2) is 0 Å². The molecule has 0 aromatic heterocycles. The quantitative estimate of drug-likeness (QED) is 0.456. The molecule has 1 fully saturated rings. The van der Waals surface area contributed by atoms with E-state index in [1.807, 2.05) is 18.2 Å². The largest absolute Gasteiger partial charge is 0.401 e. The third-order valence-electron chi connectivity index (χ3n) is 3.88. The normalized spacial score (nSPS) is 20.5. The number of thioether (sulfide) groups is 1. The Morgan fingerprint density at radius 1 is 1.36 bits per heavy atom. The van der Waals surface area contributed by atoms with Crippen molar-refractivity contribution in [1.82, 2.24) is 15.5 Å². The minimum absolute atomic E-state index is 0.00867. The molecule has 2 unspecified atom stereocenters. The first-order valence-corrected chi connectivity index (χ1v) is 9.21. The molecule has 1 aliphatic heterocycles. The number of guanidine groups is 1. The Morgan fingerprint density at radius 3 is 2.72 bits per heavy atom. The molecule has 2 atom stereocenters. The van der Waals surface area contributed by atoms with Crippen LogP contribution < -0.4 is 10.6 Å². The van der Waals surface area contributed by atoms with E-state index in [0.717, 1.165) is 6.54 Å². The molecule has 0 saturated carbocycles. The molecule has 0 radical (unpaired) electrons. The maximum atomic E-state index is 12.5. The summed E-state index contributed by atoms with van der Waals surface area (Å²) in [6, 6.07) is 10.1. The van der Waals surface area contributed by atoms with Gasteiger partial charge in [-0.15, -0.1) is 11.8 Å². The molecule has 140 valence electrons. The Kier molecular flexibility index (Phi) is 7.43. The molecular formula is C17H25F3N4S. The highest BCUT2D eigenvalue weighted by molar-refractivity contribution is 8.00. The summed E-state index contributed by atoms with van der Waals surface area (Å²) >= 11 is 1.77. The Morgan fingerprint density at radius 2 is 2.08 bits per heavy atom. The Labute approximate surface area is 151 Å². The van der Waals surface area contributed by atoms with Gasteiger partial charge in [0.1, 0.15) is 0 Å². The van der Waals surface area contributed by atoms with Gasteiger partial charge in [0.25, 0.3) is 0 Å². The Hall–Kier alpha value is -1.41. The molecule has 1 heterocycles. The lowest BCUT2D eigenvalue weighted by atomic mass is 10.3. The second kappa shape index (κ2) is 9.33. The summed E-state index contributed by atoms with van der Waals surface area (Å²) in [5.41, 5.74) is 0. The van der Waals surface area contributed by atoms with Crippen molar-refractivity contribution >= 4 is 17.7 Å². The van der Waals surface area contributed by atoms with Gasteiger partial charge in [-0.05, 0) is 18.6 Å². The van der Waals surface area contributed by atoms with Crippen LogP contribution in [-0.4, -0.2) is 61.6 Å². The first-order chi connectivity index (χ1) is 11.9. The molecule has 0 aliphatic carbocycles. The fourth-order valence-electron chi connectivity index (χ4n) is 2.75. The summed E-state index contributed by atoms with van der Waals surface area (Å²) in [5, 5.41) is 6.82. The number of nitrogens with zero attached hydrogens (tertiary/aromatic N) is 2. The predicted octanol–water partition coefficient (Wildman–Crippen LogP) is 2.97. The molecule has 0 spiro atoms. The summed E-state index contributed by atoms with van der Waals surface area (Å²) in [4.78, 5) is 6.81. The Balaban J connectivity index is 1.72. The van der Waals surface area contributed by atoms with E-state index < -0.39 is 12.7 Å². The standard InChI is InChI=1S/C17H25F3N4S/c1-13(25-15-6-4-3-5-7-15)10-22-16(21-2)23-14-8-9-24(11-14)12-17(18,19)20/h3-7,13-14H,8-12H2,1-2H3,(H2,21,22,23). The topological polar surface area (TPSA) is 39.7 Å². The molecule has 0 bridgehead atoms. The number of benzene rings is 1. The first kappa shape index (κ1) is 19.9. The zero-order valence-corrected chi connectivity index (χ0v) is 15.3. The highest BCUT2D eigenvalue weighted by atomic mass is 32.2. The molecule has 4 nitrogen and oxygen atoms in total. The predicted molar refractivity (Wildman–Crippen MR) is 97.2 cm³/mol. The van der Waals surface area contributed by atoms with Crippen LogP contribution in [0.15, 0.2) is 40.2 Å². The number of halogens is 3. The second-order valence-electron chi connectivity index (χ2n) is 6.17. The van der Waals surface area contributed by atoms with Crippen LogP contribution in [0.5, 0.6) is 0 Å². The summed E-state index contributed by atoms with van der Waals surface area (Å²) < 4.78 is 37.4. The van der Waals surface area contributed by atoms with Crippen molar-refractivity contribution in [3.8, 4) is 0 Å². The zero-order valence-electron chi connectivity index (χ0n) is 14.5. The lowest BCUT2D eigenvalue weighted by molar-refractivity contribution is -0.143. The average molecular weight is 374 g/mol. The second-order valence-corrected chi connectivity index (χ2v) is 7.69. The summed E-state index contributed by atoms with van der Waals surface area (Å²) in [6.45, 7) is 2.84. The molecular weight excluding hydrogens is 349 g/mol. The molecule has 2 N–H and O–H groups in total. The number of aliphatic imine (C=N–C) groups is 1. The van der Waals surface area contributed by atoms with Gasteiger partial charge in [-0.3, -0.25) is 9.89 Å². The summed E-state index contributed by atoms with van der Waals surface area (Å²) in [5.74, 6) is 0.638. The summed E-state index contributed by atoms with van der Waals surface area (Å²) in [6.07, 6.45) is -3.45. The van der Waals surface area contributed by atoms with Crippen molar-refractivity contribution in [3.63, 3.8) is 0 Å². The molecule has 8 heteroatoms. The average Bonchev–Trinajstić information content (AvgIpc) is 2.97. The van der Waals surface area contributed by atoms with E-state index in [1.54, 1.807) is 18.8 Å². The van der Waals surface area contributed by atoms with Crippen molar-refractivity contribution in [2.75, 3.05) is 33.2 Å². The van der Waals surface area contributed by atoms with E-state index in [9.17, 15) is 13.2 Å². The number of hydrogen-bond acceptors (Lipinski definition) is 3. The Bertz CT molecular complexity index is 551. The van der Waals surface area contributed by atoms with Gasteiger partial charge in [0.05, 0.1) is 6.54 Å². The molecule has 1 aromatic rings. The van der Waals surface area contributed by atoms with Gasteiger partial charge in [0.15, 0.2) is 5.96 Å². The number of likely N-dealkylation sites (tertiary alicyclic amines) is 1. The van der Waals surface area contributed by atoms with Gasteiger partial charge < -0.3 is 10.6 Å². The SMILES string of the molecule is CN=C(NCC(C)Sc1ccccc1)NC1CCN(CC(F)(F)F)C1. The van der Waals surface area contributed by atoms with E-state index in [0.29, 0.717) is 30.7 Å². The van der Waals surface area contributed by atoms with Crippen LogP contribution in [0.3, 0.4) is 0 Å². The monoisotopic (exact) mass is 374 g/mol. The van der Waals surface area contributed by atoms with Crippen molar-refractivity contribution < 1.29 is 13.2 Å². The minimum Gasteiger partial charge on any atom is -0.355 e. The van der Waals surface area contributed by atoms with Crippen molar-refractivity contribution in [3.05, 3.63) is 30.3 Å². The van der Waals surface area contributed by atoms with Crippen molar-refractivity contribution in [2.45, 2.75) is 35.7 Å². The van der Waals surface area contributed by atoms with Gasteiger partial charge in [0.2, 0.25) is 0 Å². The van der Waals surface area contributed by atoms with Gasteiger partial charge in [-0.2, -0.15) is 13.2 Å². The third kappa shape index (κ3) is 7.56. The van der Waals surface area contributed by atoms with Crippen LogP contribution in [0, 0.1) is 0 Å². The van der Waals surface area contributed by atoms with E-state index in [2.05, 4.69) is 34.7 Å². The van der Waals surface area contributed by atoms with Crippen LogP contribution in [0.2, 0.25) is 0 Å². The lowest BCUT2D eigenvalue weighted by Gasteiger charge is -2.20. The fourth-order valence-corrected chi connectivity index (χ4v) is 3.69. The van der Waals surface area contributed by atoms with E-state index in [4.69, 9.17) is 0 Å². The molecule has 1 aromatic carbocycles. The molecule has 2 rings (SSSR count). The van der Waals surface area contributed by atoms with Crippen LogP contribution in [0.25, 0.3) is 0 Å². The van der Waals surface area contributed by atoms with E-state index >= 15 is 0 Å². The number of alkyl halides is 3. The van der Waals surface area contributed by atoms with Gasteiger partial charge in [0, 0.05) is 42.9 Å². The van der Waals surface area contributed by atoms with Crippen molar-refractivity contribution in [2.24, 2.45) is 4.99 Å². The van der Waals surface area contributed by atoms with Crippen molar-refractivity contribution in [1.29, 1.82) is 0 Å². The minimum atomic E-state index is -4.14. The number of nitrogens with one attached hydrogen (secondary N) is 2. The molecule has 25 heavy (non-hydrogen) atoms.